The number of nitrogens with one attached hydrogen (secondary N) is 2. The first kappa shape index (κ1) is 16.8. The van der Waals surface area contributed by atoms with Crippen molar-refractivity contribution in [3.8, 4) is 0 Å². The molecular weight excluding hydrogens is 286 g/mol. The number of nitrogens with two attached hydrogens (primary N) is 1. The normalized spacial score (nSPS) is 19.8. The zero-order chi connectivity index (χ0) is 14.4. The van der Waals surface area contributed by atoms with E-state index in [1.807, 2.05) is 0 Å². The van der Waals surface area contributed by atoms with Gasteiger partial charge in [-0.15, -0.1) is 0 Å². The highest BCUT2D eigenvalue weighted by Gasteiger charge is 2.37. The van der Waals surface area contributed by atoms with Gasteiger partial charge in [-0.25, -0.2) is 0 Å². The Morgan fingerprint density at radius 1 is 1.32 bits per heavy atom. The summed E-state index contributed by atoms with van der Waals surface area (Å²) in [6, 6.07) is 0. The molecule has 0 radical (unpaired) electrons. The SMILES string of the molecule is COCCNS(=O)(=O)NC1(C(N)=S)CCCCCC1. The van der Waals surface area contributed by atoms with E-state index in [4.69, 9.17) is 22.7 Å². The molecule has 1 fully saturated rings. The second-order valence-corrected chi connectivity index (χ2v) is 6.79. The molecule has 112 valence electrons. The molecule has 0 amide bonds. The molecule has 4 N–H and O–H groups in total. The summed E-state index contributed by atoms with van der Waals surface area (Å²) in [7, 11) is -2.10. The van der Waals surface area contributed by atoms with E-state index in [0.29, 0.717) is 19.4 Å². The average Bonchev–Trinajstić information content (AvgIpc) is 2.55. The maximum atomic E-state index is 12.0. The lowest BCUT2D eigenvalue weighted by molar-refractivity contribution is 0.204. The van der Waals surface area contributed by atoms with Gasteiger partial charge in [-0.2, -0.15) is 17.9 Å². The highest BCUT2D eigenvalue weighted by Crippen LogP contribution is 2.28. The van der Waals surface area contributed by atoms with Gasteiger partial charge in [0.15, 0.2) is 0 Å². The van der Waals surface area contributed by atoms with E-state index in [1.54, 1.807) is 0 Å². The van der Waals surface area contributed by atoms with Gasteiger partial charge in [0, 0.05) is 13.7 Å². The number of hydrogen-bond acceptors (Lipinski definition) is 4. The Balaban J connectivity index is 2.74. The zero-order valence-electron chi connectivity index (χ0n) is 11.3. The maximum absolute atomic E-state index is 12.0. The van der Waals surface area contributed by atoms with Crippen molar-refractivity contribution >= 4 is 27.4 Å². The van der Waals surface area contributed by atoms with Crippen molar-refractivity contribution in [3.63, 3.8) is 0 Å². The summed E-state index contributed by atoms with van der Waals surface area (Å²) in [5, 5.41) is 0. The van der Waals surface area contributed by atoms with Gasteiger partial charge >= 0.3 is 0 Å². The van der Waals surface area contributed by atoms with Crippen molar-refractivity contribution in [1.82, 2.24) is 9.44 Å². The highest BCUT2D eigenvalue weighted by molar-refractivity contribution is 7.87. The molecular formula is C11H23N3O3S2. The van der Waals surface area contributed by atoms with E-state index in [9.17, 15) is 8.42 Å². The molecule has 0 bridgehead atoms. The molecule has 1 saturated carbocycles. The molecule has 1 aliphatic carbocycles. The fraction of sp³-hybridized carbons (Fsp3) is 0.909. The lowest BCUT2D eigenvalue weighted by Crippen LogP contribution is -2.59. The molecule has 1 rings (SSSR count). The Hall–Kier alpha value is -0.280. The molecule has 0 heterocycles. The van der Waals surface area contributed by atoms with Gasteiger partial charge in [-0.05, 0) is 12.8 Å². The van der Waals surface area contributed by atoms with Gasteiger partial charge < -0.3 is 10.5 Å². The summed E-state index contributed by atoms with van der Waals surface area (Å²) in [5.41, 5.74) is 5.00. The number of ether oxygens (including phenoxy) is 1. The minimum atomic E-state index is -3.62. The van der Waals surface area contributed by atoms with Gasteiger partial charge in [-0.1, -0.05) is 37.9 Å². The van der Waals surface area contributed by atoms with E-state index >= 15 is 0 Å². The first-order chi connectivity index (χ1) is 8.92. The highest BCUT2D eigenvalue weighted by atomic mass is 32.2. The first-order valence-corrected chi connectivity index (χ1v) is 8.38. The van der Waals surface area contributed by atoms with Crippen LogP contribution in [0.5, 0.6) is 0 Å². The molecule has 8 heteroatoms. The van der Waals surface area contributed by atoms with E-state index in [0.717, 1.165) is 25.7 Å². The predicted molar refractivity (Wildman–Crippen MR) is 79.2 cm³/mol. The largest absolute Gasteiger partial charge is 0.392 e. The van der Waals surface area contributed by atoms with E-state index in [-0.39, 0.29) is 11.5 Å². The Bertz CT molecular complexity index is 390. The lowest BCUT2D eigenvalue weighted by Gasteiger charge is -2.32. The number of rotatable bonds is 7. The second-order valence-electron chi connectivity index (χ2n) is 4.85. The molecule has 0 aromatic rings. The third-order valence-electron chi connectivity index (χ3n) is 3.36. The molecule has 6 nitrogen and oxygen atoms in total. The molecule has 0 aliphatic heterocycles. The Morgan fingerprint density at radius 3 is 2.37 bits per heavy atom. The van der Waals surface area contributed by atoms with Crippen LogP contribution in [0.1, 0.15) is 38.5 Å². The van der Waals surface area contributed by atoms with Crippen LogP contribution in [0.25, 0.3) is 0 Å². The molecule has 1 aliphatic rings. The van der Waals surface area contributed by atoms with E-state index in [2.05, 4.69) is 9.44 Å². The molecule has 19 heavy (non-hydrogen) atoms. The first-order valence-electron chi connectivity index (χ1n) is 6.49. The number of hydrogen-bond donors (Lipinski definition) is 3. The van der Waals surface area contributed by atoms with Crippen molar-refractivity contribution in [1.29, 1.82) is 0 Å². The third kappa shape index (κ3) is 5.31. The van der Waals surface area contributed by atoms with Crippen LogP contribution < -0.4 is 15.2 Å². The van der Waals surface area contributed by atoms with Gasteiger partial charge in [-0.3, -0.25) is 0 Å². The summed E-state index contributed by atoms with van der Waals surface area (Å²) < 4.78 is 33.9. The topological polar surface area (TPSA) is 93.4 Å². The fourth-order valence-corrected chi connectivity index (χ4v) is 3.87. The molecule has 0 atom stereocenters. The van der Waals surface area contributed by atoms with E-state index in [1.165, 1.54) is 7.11 Å². The third-order valence-corrected chi connectivity index (χ3v) is 4.99. The van der Waals surface area contributed by atoms with Gasteiger partial charge in [0.05, 0.1) is 17.1 Å². The molecule has 0 saturated heterocycles. The van der Waals surface area contributed by atoms with Crippen LogP contribution in [0.4, 0.5) is 0 Å². The molecule has 0 spiro atoms. The molecule has 0 aromatic heterocycles. The van der Waals surface area contributed by atoms with Crippen LogP contribution in [0.15, 0.2) is 0 Å². The minimum absolute atomic E-state index is 0.221. The van der Waals surface area contributed by atoms with Crippen molar-refractivity contribution < 1.29 is 13.2 Å². The van der Waals surface area contributed by atoms with Gasteiger partial charge in [0.2, 0.25) is 0 Å². The van der Waals surface area contributed by atoms with Crippen molar-refractivity contribution in [2.24, 2.45) is 5.73 Å². The second kappa shape index (κ2) is 7.49. The molecule has 0 unspecified atom stereocenters. The van der Waals surface area contributed by atoms with Crippen molar-refractivity contribution in [3.05, 3.63) is 0 Å². The van der Waals surface area contributed by atoms with Gasteiger partial charge in [0.1, 0.15) is 0 Å². The van der Waals surface area contributed by atoms with Gasteiger partial charge in [0.25, 0.3) is 10.2 Å². The lowest BCUT2D eigenvalue weighted by atomic mass is 9.91. The van der Waals surface area contributed by atoms with E-state index < -0.39 is 15.7 Å². The fourth-order valence-electron chi connectivity index (χ4n) is 2.30. The summed E-state index contributed by atoms with van der Waals surface area (Å²) >= 11 is 5.09. The molecule has 0 aromatic carbocycles. The van der Waals surface area contributed by atoms with Crippen molar-refractivity contribution in [2.45, 2.75) is 44.1 Å². The monoisotopic (exact) mass is 309 g/mol. The Kier molecular flexibility index (Phi) is 6.61. The Labute approximate surface area is 120 Å². The van der Waals surface area contributed by atoms with Crippen LogP contribution in [-0.2, 0) is 14.9 Å². The quantitative estimate of drug-likeness (QED) is 0.360. The summed E-state index contributed by atoms with van der Waals surface area (Å²) in [6.45, 7) is 0.542. The number of thiocarbonyl (C=S) groups is 1. The maximum Gasteiger partial charge on any atom is 0.277 e. The standard InChI is InChI=1S/C11H23N3O3S2/c1-17-9-8-13-19(15,16)14-11(10(12)18)6-4-2-3-5-7-11/h13-14H,2-9H2,1H3,(H2,12,18). The van der Waals surface area contributed by atoms with Crippen LogP contribution in [0.2, 0.25) is 0 Å². The zero-order valence-corrected chi connectivity index (χ0v) is 12.9. The van der Waals surface area contributed by atoms with Crippen LogP contribution in [0.3, 0.4) is 0 Å². The van der Waals surface area contributed by atoms with Crippen LogP contribution >= 0.6 is 12.2 Å². The van der Waals surface area contributed by atoms with Crippen molar-refractivity contribution in [2.75, 3.05) is 20.3 Å². The smallest absolute Gasteiger partial charge is 0.277 e. The summed E-state index contributed by atoms with van der Waals surface area (Å²) in [6.07, 6.45) is 5.35. The average molecular weight is 309 g/mol. The van der Waals surface area contributed by atoms with Crippen LogP contribution in [-0.4, -0.2) is 39.2 Å². The summed E-state index contributed by atoms with van der Waals surface area (Å²) in [5.74, 6) is 0. The number of methoxy groups -OCH3 is 1. The van der Waals surface area contributed by atoms with Crippen LogP contribution in [0, 0.1) is 0 Å². The minimum Gasteiger partial charge on any atom is -0.392 e. The Morgan fingerprint density at radius 2 is 1.89 bits per heavy atom. The predicted octanol–water partition coefficient (Wildman–Crippen LogP) is 0.436. The summed E-state index contributed by atoms with van der Waals surface area (Å²) in [4.78, 5) is 0.228.